The van der Waals surface area contributed by atoms with Gasteiger partial charge in [-0.2, -0.15) is 0 Å². The fourth-order valence-corrected chi connectivity index (χ4v) is 3.40. The maximum atomic E-state index is 9.31. The van der Waals surface area contributed by atoms with Gasteiger partial charge in [0, 0.05) is 26.4 Å². The van der Waals surface area contributed by atoms with Crippen LogP contribution >= 0.6 is 0 Å². The van der Waals surface area contributed by atoms with E-state index in [4.69, 9.17) is 9.47 Å². The van der Waals surface area contributed by atoms with E-state index in [1.54, 1.807) is 7.11 Å². The smallest absolute Gasteiger partial charge is 0.0986 e. The molecule has 2 aliphatic carbocycles. The van der Waals surface area contributed by atoms with Crippen LogP contribution in [0.3, 0.4) is 0 Å². The zero-order valence-corrected chi connectivity index (χ0v) is 11.6. The van der Waals surface area contributed by atoms with Gasteiger partial charge in [0.15, 0.2) is 0 Å². The van der Waals surface area contributed by atoms with Crippen molar-refractivity contribution >= 4 is 0 Å². The maximum absolute atomic E-state index is 9.31. The molecule has 2 aliphatic rings. The zero-order valence-electron chi connectivity index (χ0n) is 11.6. The van der Waals surface area contributed by atoms with Crippen LogP contribution < -0.4 is 5.32 Å². The normalized spacial score (nSPS) is 39.8. The predicted molar refractivity (Wildman–Crippen MR) is 70.5 cm³/mol. The van der Waals surface area contributed by atoms with Gasteiger partial charge in [-0.05, 0) is 44.6 Å². The number of aliphatic hydroxyl groups excluding tert-OH is 1. The Labute approximate surface area is 110 Å². The van der Waals surface area contributed by atoms with Crippen LogP contribution in [0.4, 0.5) is 0 Å². The topological polar surface area (TPSA) is 50.7 Å². The summed E-state index contributed by atoms with van der Waals surface area (Å²) in [4.78, 5) is 0. The van der Waals surface area contributed by atoms with E-state index in [0.29, 0.717) is 24.5 Å². The van der Waals surface area contributed by atoms with Crippen molar-refractivity contribution in [3.63, 3.8) is 0 Å². The summed E-state index contributed by atoms with van der Waals surface area (Å²) in [5, 5.41) is 12.9. The molecule has 0 aromatic rings. The van der Waals surface area contributed by atoms with Gasteiger partial charge in [0.05, 0.1) is 12.2 Å². The fraction of sp³-hybridized carbons (Fsp3) is 1.00. The van der Waals surface area contributed by atoms with E-state index >= 15 is 0 Å². The van der Waals surface area contributed by atoms with Gasteiger partial charge in [0.1, 0.15) is 0 Å². The van der Waals surface area contributed by atoms with Crippen molar-refractivity contribution in [3.8, 4) is 0 Å². The number of ether oxygens (including phenoxy) is 2. The van der Waals surface area contributed by atoms with Crippen LogP contribution in [-0.2, 0) is 9.47 Å². The molecule has 4 heteroatoms. The molecule has 0 spiro atoms. The average Bonchev–Trinajstić information content (AvgIpc) is 2.80. The van der Waals surface area contributed by atoms with E-state index in [0.717, 1.165) is 19.6 Å². The molecule has 0 amide bonds. The standard InChI is InChI=1S/C14H27NO3/c1-3-18-13-7-12(14(13)17-2)15-8-10-5-4-6-11(10)9-16/h10-16H,3-9H2,1-2H3. The Balaban J connectivity index is 1.71. The van der Waals surface area contributed by atoms with E-state index in [-0.39, 0.29) is 12.2 Å². The molecule has 2 saturated carbocycles. The summed E-state index contributed by atoms with van der Waals surface area (Å²) in [6.45, 7) is 4.13. The van der Waals surface area contributed by atoms with Gasteiger partial charge in [0.25, 0.3) is 0 Å². The second-order valence-corrected chi connectivity index (χ2v) is 5.58. The van der Waals surface area contributed by atoms with Crippen LogP contribution in [0.25, 0.3) is 0 Å². The first kappa shape index (κ1) is 14.3. The highest BCUT2D eigenvalue weighted by atomic mass is 16.5. The van der Waals surface area contributed by atoms with Crippen molar-refractivity contribution in [1.82, 2.24) is 5.32 Å². The largest absolute Gasteiger partial charge is 0.396 e. The van der Waals surface area contributed by atoms with Crippen LogP contribution in [0.5, 0.6) is 0 Å². The summed E-state index contributed by atoms with van der Waals surface area (Å²) in [5.74, 6) is 1.14. The number of aliphatic hydroxyl groups is 1. The molecule has 5 unspecified atom stereocenters. The highest BCUT2D eigenvalue weighted by molar-refractivity contribution is 4.97. The molecule has 0 aromatic carbocycles. The summed E-state index contributed by atoms with van der Waals surface area (Å²) in [5.41, 5.74) is 0. The molecule has 2 N–H and O–H groups in total. The predicted octanol–water partition coefficient (Wildman–Crippen LogP) is 1.18. The van der Waals surface area contributed by atoms with Crippen LogP contribution in [0.15, 0.2) is 0 Å². The minimum absolute atomic E-state index is 0.193. The Morgan fingerprint density at radius 3 is 2.72 bits per heavy atom. The second-order valence-electron chi connectivity index (χ2n) is 5.58. The highest BCUT2D eigenvalue weighted by Crippen LogP contribution is 2.32. The van der Waals surface area contributed by atoms with Crippen molar-refractivity contribution in [2.75, 3.05) is 26.9 Å². The van der Waals surface area contributed by atoms with Crippen molar-refractivity contribution in [3.05, 3.63) is 0 Å². The monoisotopic (exact) mass is 257 g/mol. The van der Waals surface area contributed by atoms with Crippen LogP contribution in [0.1, 0.15) is 32.6 Å². The lowest BCUT2D eigenvalue weighted by Crippen LogP contribution is -2.60. The quantitative estimate of drug-likeness (QED) is 0.719. The van der Waals surface area contributed by atoms with Crippen molar-refractivity contribution in [1.29, 1.82) is 0 Å². The average molecular weight is 257 g/mol. The molecule has 0 heterocycles. The van der Waals surface area contributed by atoms with Gasteiger partial charge >= 0.3 is 0 Å². The van der Waals surface area contributed by atoms with E-state index < -0.39 is 0 Å². The third-order valence-electron chi connectivity index (χ3n) is 4.60. The molecule has 2 rings (SSSR count). The Hall–Kier alpha value is -0.160. The van der Waals surface area contributed by atoms with Crippen molar-refractivity contribution in [2.24, 2.45) is 11.8 Å². The van der Waals surface area contributed by atoms with Gasteiger partial charge in [-0.25, -0.2) is 0 Å². The Kier molecular flexibility index (Phi) is 5.42. The molecule has 2 fully saturated rings. The van der Waals surface area contributed by atoms with Crippen molar-refractivity contribution < 1.29 is 14.6 Å². The summed E-state index contributed by atoms with van der Waals surface area (Å²) in [7, 11) is 1.76. The molecule has 106 valence electrons. The summed E-state index contributed by atoms with van der Waals surface area (Å²) in [6.07, 6.45) is 5.19. The van der Waals surface area contributed by atoms with Gasteiger partial charge in [0.2, 0.25) is 0 Å². The third kappa shape index (κ3) is 3.05. The summed E-state index contributed by atoms with van der Waals surface area (Å²) >= 11 is 0. The molecule has 5 atom stereocenters. The number of rotatable bonds is 7. The van der Waals surface area contributed by atoms with E-state index in [2.05, 4.69) is 5.32 Å². The highest BCUT2D eigenvalue weighted by Gasteiger charge is 2.42. The first-order valence-corrected chi connectivity index (χ1v) is 7.28. The molecular weight excluding hydrogens is 230 g/mol. The minimum Gasteiger partial charge on any atom is -0.396 e. The van der Waals surface area contributed by atoms with Crippen LogP contribution in [0.2, 0.25) is 0 Å². The molecule has 0 radical (unpaired) electrons. The van der Waals surface area contributed by atoms with E-state index in [1.165, 1.54) is 19.3 Å². The third-order valence-corrected chi connectivity index (χ3v) is 4.60. The maximum Gasteiger partial charge on any atom is 0.0986 e. The Morgan fingerprint density at radius 1 is 1.28 bits per heavy atom. The van der Waals surface area contributed by atoms with Gasteiger partial charge < -0.3 is 19.9 Å². The number of methoxy groups -OCH3 is 1. The number of nitrogens with one attached hydrogen (secondary N) is 1. The molecule has 0 aromatic heterocycles. The number of hydrogen-bond donors (Lipinski definition) is 2. The molecule has 18 heavy (non-hydrogen) atoms. The zero-order chi connectivity index (χ0) is 13.0. The van der Waals surface area contributed by atoms with Crippen molar-refractivity contribution in [2.45, 2.75) is 50.9 Å². The first-order valence-electron chi connectivity index (χ1n) is 7.28. The Bertz CT molecular complexity index is 249. The molecular formula is C14H27NO3. The van der Waals surface area contributed by atoms with Crippen LogP contribution in [-0.4, -0.2) is 50.2 Å². The Morgan fingerprint density at radius 2 is 2.06 bits per heavy atom. The lowest BCUT2D eigenvalue weighted by atomic mass is 9.84. The lowest BCUT2D eigenvalue weighted by molar-refractivity contribution is -0.131. The van der Waals surface area contributed by atoms with E-state index in [9.17, 15) is 5.11 Å². The minimum atomic E-state index is 0.193. The fourth-order valence-electron chi connectivity index (χ4n) is 3.40. The lowest BCUT2D eigenvalue weighted by Gasteiger charge is -2.44. The summed E-state index contributed by atoms with van der Waals surface area (Å²) < 4.78 is 11.1. The SMILES string of the molecule is CCOC1CC(NCC2CCCC2CO)C1OC. The molecule has 0 saturated heterocycles. The van der Waals surface area contributed by atoms with Crippen LogP contribution in [0, 0.1) is 11.8 Å². The van der Waals surface area contributed by atoms with Gasteiger partial charge in [-0.1, -0.05) is 6.42 Å². The first-order chi connectivity index (χ1) is 8.80. The van der Waals surface area contributed by atoms with E-state index in [1.807, 2.05) is 6.92 Å². The van der Waals surface area contributed by atoms with Gasteiger partial charge in [-0.3, -0.25) is 0 Å². The molecule has 0 bridgehead atoms. The summed E-state index contributed by atoms with van der Waals surface area (Å²) in [6, 6.07) is 0.423. The molecule has 0 aliphatic heterocycles. The number of hydrogen-bond acceptors (Lipinski definition) is 4. The second kappa shape index (κ2) is 6.85. The van der Waals surface area contributed by atoms with Gasteiger partial charge in [-0.15, -0.1) is 0 Å². The molecule has 4 nitrogen and oxygen atoms in total.